The lowest BCUT2D eigenvalue weighted by Gasteiger charge is -2.34. The lowest BCUT2D eigenvalue weighted by molar-refractivity contribution is 0.102. The SMILES string of the molecule is O=C(Nc1ccc2c(c1)CCC2)c1ccc(N2CCNC(c3ccccc3)C2)nc1. The first-order valence-electron chi connectivity index (χ1n) is 10.7. The number of hydrogen-bond donors (Lipinski definition) is 2. The van der Waals surface area contributed by atoms with Gasteiger partial charge in [0.2, 0.25) is 0 Å². The van der Waals surface area contributed by atoms with E-state index in [0.717, 1.165) is 44.0 Å². The number of benzene rings is 2. The lowest BCUT2D eigenvalue weighted by Crippen LogP contribution is -2.46. The van der Waals surface area contributed by atoms with Gasteiger partial charge < -0.3 is 15.5 Å². The molecule has 0 spiro atoms. The number of anilines is 2. The van der Waals surface area contributed by atoms with Gasteiger partial charge in [0.25, 0.3) is 5.91 Å². The first kappa shape index (κ1) is 18.8. The summed E-state index contributed by atoms with van der Waals surface area (Å²) in [6.07, 6.45) is 5.13. The zero-order chi connectivity index (χ0) is 20.3. The Morgan fingerprint density at radius 3 is 2.73 bits per heavy atom. The maximum atomic E-state index is 12.7. The van der Waals surface area contributed by atoms with Crippen LogP contribution in [0, 0.1) is 0 Å². The van der Waals surface area contributed by atoms with E-state index in [-0.39, 0.29) is 11.9 Å². The van der Waals surface area contributed by atoms with Gasteiger partial charge in [-0.05, 0) is 60.2 Å². The van der Waals surface area contributed by atoms with Crippen molar-refractivity contribution >= 4 is 17.4 Å². The molecule has 1 atom stereocenters. The highest BCUT2D eigenvalue weighted by atomic mass is 16.1. The highest BCUT2D eigenvalue weighted by Gasteiger charge is 2.22. The summed E-state index contributed by atoms with van der Waals surface area (Å²) in [5.74, 6) is 0.793. The Kier molecular flexibility index (Phi) is 5.20. The summed E-state index contributed by atoms with van der Waals surface area (Å²) >= 11 is 0. The molecule has 2 aliphatic rings. The highest BCUT2D eigenvalue weighted by Crippen LogP contribution is 2.25. The molecule has 5 heteroatoms. The number of rotatable bonds is 4. The minimum Gasteiger partial charge on any atom is -0.353 e. The third-order valence-electron chi connectivity index (χ3n) is 6.07. The van der Waals surface area contributed by atoms with Gasteiger partial charge >= 0.3 is 0 Å². The Balaban J connectivity index is 1.25. The molecule has 1 aliphatic heterocycles. The Morgan fingerprint density at radius 1 is 1.03 bits per heavy atom. The van der Waals surface area contributed by atoms with Crippen molar-refractivity contribution in [3.63, 3.8) is 0 Å². The van der Waals surface area contributed by atoms with Crippen LogP contribution in [0.1, 0.15) is 39.5 Å². The van der Waals surface area contributed by atoms with Gasteiger partial charge in [0, 0.05) is 37.6 Å². The predicted octanol–water partition coefficient (Wildman–Crippen LogP) is 3.97. The fraction of sp³-hybridized carbons (Fsp3) is 0.280. The second-order valence-electron chi connectivity index (χ2n) is 8.06. The minimum absolute atomic E-state index is 0.116. The molecule has 3 aromatic rings. The van der Waals surface area contributed by atoms with E-state index in [9.17, 15) is 4.79 Å². The molecule has 0 saturated carbocycles. The van der Waals surface area contributed by atoms with Gasteiger partial charge in [-0.3, -0.25) is 4.79 Å². The van der Waals surface area contributed by atoms with E-state index in [1.54, 1.807) is 6.20 Å². The standard InChI is InChI=1S/C25H26N4O/c30-25(28-22-11-9-18-7-4-8-20(18)15-22)21-10-12-24(27-16-21)29-14-13-26-23(17-29)19-5-2-1-3-6-19/h1-3,5-6,9-12,15-16,23,26H,4,7-8,13-14,17H2,(H,28,30). The number of pyridine rings is 1. The van der Waals surface area contributed by atoms with Gasteiger partial charge in [-0.25, -0.2) is 4.98 Å². The Morgan fingerprint density at radius 2 is 1.90 bits per heavy atom. The van der Waals surface area contributed by atoms with Crippen molar-refractivity contribution in [2.75, 3.05) is 29.9 Å². The zero-order valence-electron chi connectivity index (χ0n) is 17.0. The monoisotopic (exact) mass is 398 g/mol. The summed E-state index contributed by atoms with van der Waals surface area (Å²) in [4.78, 5) is 19.5. The molecule has 0 bridgehead atoms. The van der Waals surface area contributed by atoms with Crippen molar-refractivity contribution in [1.29, 1.82) is 0 Å². The normalized spacial score (nSPS) is 18.1. The lowest BCUT2D eigenvalue weighted by atomic mass is 10.0. The number of nitrogens with one attached hydrogen (secondary N) is 2. The Hall–Kier alpha value is -3.18. The molecule has 1 fully saturated rings. The summed E-state index contributed by atoms with van der Waals surface area (Å²) in [6.45, 7) is 2.66. The first-order valence-corrected chi connectivity index (χ1v) is 10.7. The molecule has 30 heavy (non-hydrogen) atoms. The van der Waals surface area contributed by atoms with Crippen LogP contribution in [0.15, 0.2) is 66.9 Å². The van der Waals surface area contributed by atoms with Crippen molar-refractivity contribution in [2.24, 2.45) is 0 Å². The van der Waals surface area contributed by atoms with Gasteiger partial charge in [0.15, 0.2) is 0 Å². The molecule has 1 amide bonds. The molecule has 2 N–H and O–H groups in total. The van der Waals surface area contributed by atoms with Crippen molar-refractivity contribution in [1.82, 2.24) is 10.3 Å². The van der Waals surface area contributed by atoms with E-state index >= 15 is 0 Å². The Bertz CT molecular complexity index is 1030. The summed E-state index contributed by atoms with van der Waals surface area (Å²) < 4.78 is 0. The van der Waals surface area contributed by atoms with E-state index in [4.69, 9.17) is 0 Å². The third-order valence-corrected chi connectivity index (χ3v) is 6.07. The van der Waals surface area contributed by atoms with Gasteiger partial charge in [0.05, 0.1) is 5.56 Å². The number of aromatic nitrogens is 1. The maximum absolute atomic E-state index is 12.7. The quantitative estimate of drug-likeness (QED) is 0.698. The minimum atomic E-state index is -0.116. The van der Waals surface area contributed by atoms with Crippen molar-refractivity contribution in [2.45, 2.75) is 25.3 Å². The summed E-state index contributed by atoms with van der Waals surface area (Å²) in [5, 5.41) is 6.59. The van der Waals surface area contributed by atoms with E-state index < -0.39 is 0 Å². The van der Waals surface area contributed by atoms with Crippen molar-refractivity contribution in [3.05, 3.63) is 89.1 Å². The molecule has 1 aliphatic carbocycles. The van der Waals surface area contributed by atoms with Gasteiger partial charge in [-0.15, -0.1) is 0 Å². The fourth-order valence-corrected chi connectivity index (χ4v) is 4.43. The zero-order valence-corrected chi connectivity index (χ0v) is 17.0. The summed E-state index contributed by atoms with van der Waals surface area (Å²) in [7, 11) is 0. The molecule has 0 radical (unpaired) electrons. The fourth-order valence-electron chi connectivity index (χ4n) is 4.43. The molecule has 2 aromatic carbocycles. The molecular weight excluding hydrogens is 372 g/mol. The maximum Gasteiger partial charge on any atom is 0.257 e. The number of nitrogens with zero attached hydrogens (tertiary/aromatic N) is 2. The van der Waals surface area contributed by atoms with E-state index in [1.165, 1.54) is 23.1 Å². The molecular formula is C25H26N4O. The van der Waals surface area contributed by atoms with Crippen molar-refractivity contribution < 1.29 is 4.79 Å². The number of fused-ring (bicyclic) bond motifs is 1. The number of carbonyl (C=O) groups is 1. The highest BCUT2D eigenvalue weighted by molar-refractivity contribution is 6.04. The summed E-state index contributed by atoms with van der Waals surface area (Å²) in [6, 6.07) is 20.8. The largest absolute Gasteiger partial charge is 0.353 e. The Labute approximate surface area is 177 Å². The molecule has 1 saturated heterocycles. The van der Waals surface area contributed by atoms with E-state index in [1.807, 2.05) is 24.3 Å². The predicted molar refractivity (Wildman–Crippen MR) is 120 cm³/mol. The van der Waals surface area contributed by atoms with Gasteiger partial charge in [-0.1, -0.05) is 36.4 Å². The number of piperazine rings is 1. The summed E-state index contributed by atoms with van der Waals surface area (Å²) in [5.41, 5.74) is 5.48. The second kappa shape index (κ2) is 8.28. The second-order valence-corrected chi connectivity index (χ2v) is 8.06. The van der Waals surface area contributed by atoms with Crippen LogP contribution in [0.2, 0.25) is 0 Å². The van der Waals surface area contributed by atoms with Crippen LogP contribution in [0.5, 0.6) is 0 Å². The molecule has 5 nitrogen and oxygen atoms in total. The number of hydrogen-bond acceptors (Lipinski definition) is 4. The van der Waals surface area contributed by atoms with Gasteiger partial charge in [0.1, 0.15) is 5.82 Å². The van der Waals surface area contributed by atoms with Gasteiger partial charge in [-0.2, -0.15) is 0 Å². The first-order chi connectivity index (χ1) is 14.8. The molecule has 152 valence electrons. The topological polar surface area (TPSA) is 57.3 Å². The number of amides is 1. The average molecular weight is 399 g/mol. The van der Waals surface area contributed by atoms with E-state index in [2.05, 4.69) is 56.9 Å². The molecule has 2 heterocycles. The average Bonchev–Trinajstić information content (AvgIpc) is 3.28. The van der Waals surface area contributed by atoms with Crippen LogP contribution in [-0.4, -0.2) is 30.5 Å². The van der Waals surface area contributed by atoms with Crippen LogP contribution in [0.3, 0.4) is 0 Å². The molecule has 1 unspecified atom stereocenters. The van der Waals surface area contributed by atoms with Crippen LogP contribution in [-0.2, 0) is 12.8 Å². The van der Waals surface area contributed by atoms with Crippen LogP contribution in [0.25, 0.3) is 0 Å². The van der Waals surface area contributed by atoms with Crippen molar-refractivity contribution in [3.8, 4) is 0 Å². The van der Waals surface area contributed by atoms with Crippen LogP contribution >= 0.6 is 0 Å². The number of aryl methyl sites for hydroxylation is 2. The molecule has 5 rings (SSSR count). The molecule has 1 aromatic heterocycles. The number of carbonyl (C=O) groups excluding carboxylic acids is 1. The third kappa shape index (κ3) is 3.94. The van der Waals surface area contributed by atoms with E-state index in [0.29, 0.717) is 5.56 Å². The van der Waals surface area contributed by atoms with Crippen LogP contribution < -0.4 is 15.5 Å². The smallest absolute Gasteiger partial charge is 0.257 e. The van der Waals surface area contributed by atoms with Crippen LogP contribution in [0.4, 0.5) is 11.5 Å².